The average molecular weight is 433 g/mol. The SMILES string of the molecule is CCCC[C@H](NC(=O)O[C@@H]1C(=O)OCC1(C)CC)C(=O)C(=O)N[C@H](C)c1ccccc1. The van der Waals surface area contributed by atoms with Gasteiger partial charge in [0.05, 0.1) is 6.04 Å². The Morgan fingerprint density at radius 2 is 1.87 bits per heavy atom. The fraction of sp³-hybridized carbons (Fsp3) is 0.565. The number of ketones is 1. The molecule has 1 saturated heterocycles. The molecule has 0 spiro atoms. The number of esters is 1. The summed E-state index contributed by atoms with van der Waals surface area (Å²) in [6.07, 6.45) is 0.321. The van der Waals surface area contributed by atoms with Crippen molar-refractivity contribution in [2.45, 2.75) is 71.6 Å². The lowest BCUT2D eigenvalue weighted by molar-refractivity contribution is -0.145. The predicted molar refractivity (Wildman–Crippen MR) is 114 cm³/mol. The maximum Gasteiger partial charge on any atom is 0.408 e. The second-order valence-electron chi connectivity index (χ2n) is 8.21. The molecule has 31 heavy (non-hydrogen) atoms. The summed E-state index contributed by atoms with van der Waals surface area (Å²) in [5, 5.41) is 5.15. The Bertz CT molecular complexity index is 797. The van der Waals surface area contributed by atoms with Gasteiger partial charge in [-0.15, -0.1) is 0 Å². The van der Waals surface area contributed by atoms with E-state index in [2.05, 4.69) is 10.6 Å². The molecule has 0 saturated carbocycles. The molecule has 1 fully saturated rings. The highest BCUT2D eigenvalue weighted by Gasteiger charge is 2.49. The highest BCUT2D eigenvalue weighted by Crippen LogP contribution is 2.34. The molecule has 1 aliphatic rings. The summed E-state index contributed by atoms with van der Waals surface area (Å²) in [4.78, 5) is 49.7. The van der Waals surface area contributed by atoms with E-state index in [4.69, 9.17) is 9.47 Å². The van der Waals surface area contributed by atoms with E-state index in [-0.39, 0.29) is 19.1 Å². The molecule has 2 rings (SSSR count). The molecule has 1 aromatic carbocycles. The molecule has 2 amide bonds. The Hall–Kier alpha value is -2.90. The van der Waals surface area contributed by atoms with Crippen molar-refractivity contribution in [3.05, 3.63) is 35.9 Å². The van der Waals surface area contributed by atoms with E-state index in [0.717, 1.165) is 12.0 Å². The van der Waals surface area contributed by atoms with E-state index in [1.54, 1.807) is 13.8 Å². The molecular formula is C23H32N2O6. The predicted octanol–water partition coefficient (Wildman–Crippen LogP) is 3.06. The summed E-state index contributed by atoms with van der Waals surface area (Å²) < 4.78 is 10.4. The van der Waals surface area contributed by atoms with E-state index >= 15 is 0 Å². The van der Waals surface area contributed by atoms with Crippen molar-refractivity contribution in [3.8, 4) is 0 Å². The number of ether oxygens (including phenoxy) is 2. The van der Waals surface area contributed by atoms with Crippen LogP contribution in [0.15, 0.2) is 30.3 Å². The average Bonchev–Trinajstić information content (AvgIpc) is 3.05. The van der Waals surface area contributed by atoms with Crippen LogP contribution in [-0.4, -0.2) is 42.5 Å². The Morgan fingerprint density at radius 1 is 1.19 bits per heavy atom. The number of alkyl carbamates (subject to hydrolysis) is 1. The third kappa shape index (κ3) is 6.29. The standard InChI is InChI=1S/C23H32N2O6/c1-5-7-13-17(18(26)20(27)24-15(3)16-11-9-8-10-12-16)25-22(29)31-19-21(28)30-14-23(19,4)6-2/h8-12,15,17,19H,5-7,13-14H2,1-4H3,(H,24,27)(H,25,29)/t15-,17+,19-,23?/m1/s1. The first-order valence-corrected chi connectivity index (χ1v) is 10.7. The first-order chi connectivity index (χ1) is 14.7. The molecule has 8 nitrogen and oxygen atoms in total. The van der Waals surface area contributed by atoms with E-state index in [1.807, 2.05) is 44.2 Å². The van der Waals surface area contributed by atoms with Crippen molar-refractivity contribution >= 4 is 23.8 Å². The minimum Gasteiger partial charge on any atom is -0.462 e. The minimum atomic E-state index is -1.05. The second-order valence-corrected chi connectivity index (χ2v) is 8.21. The van der Waals surface area contributed by atoms with Crippen LogP contribution in [0.25, 0.3) is 0 Å². The molecule has 0 bridgehead atoms. The number of nitrogens with one attached hydrogen (secondary N) is 2. The third-order valence-electron chi connectivity index (χ3n) is 5.75. The van der Waals surface area contributed by atoms with E-state index in [0.29, 0.717) is 12.8 Å². The zero-order chi connectivity index (χ0) is 23.0. The summed E-state index contributed by atoms with van der Waals surface area (Å²) >= 11 is 0. The topological polar surface area (TPSA) is 111 Å². The summed E-state index contributed by atoms with van der Waals surface area (Å²) in [6, 6.07) is 7.86. The number of hydrogen-bond acceptors (Lipinski definition) is 6. The quantitative estimate of drug-likeness (QED) is 0.434. The van der Waals surface area contributed by atoms with Crippen LogP contribution in [0.4, 0.5) is 4.79 Å². The van der Waals surface area contributed by atoms with Crippen LogP contribution in [0.5, 0.6) is 0 Å². The molecule has 0 aliphatic carbocycles. The number of amides is 2. The number of cyclic esters (lactones) is 1. The van der Waals surface area contributed by atoms with Gasteiger partial charge in [0.2, 0.25) is 11.9 Å². The van der Waals surface area contributed by atoms with E-state index in [9.17, 15) is 19.2 Å². The van der Waals surface area contributed by atoms with Gasteiger partial charge < -0.3 is 20.1 Å². The van der Waals surface area contributed by atoms with E-state index in [1.165, 1.54) is 0 Å². The van der Waals surface area contributed by atoms with Crippen molar-refractivity contribution in [1.82, 2.24) is 10.6 Å². The van der Waals surface area contributed by atoms with Crippen LogP contribution in [0, 0.1) is 5.41 Å². The van der Waals surface area contributed by atoms with Crippen molar-refractivity contribution in [2.75, 3.05) is 6.61 Å². The van der Waals surface area contributed by atoms with Gasteiger partial charge in [0.25, 0.3) is 5.91 Å². The number of hydrogen-bond donors (Lipinski definition) is 2. The highest BCUT2D eigenvalue weighted by molar-refractivity contribution is 6.38. The van der Waals surface area contributed by atoms with Crippen molar-refractivity contribution in [2.24, 2.45) is 5.41 Å². The first kappa shape index (κ1) is 24.4. The van der Waals surface area contributed by atoms with Gasteiger partial charge in [-0.05, 0) is 25.3 Å². The number of carbonyl (C=O) groups is 4. The molecule has 1 heterocycles. The van der Waals surface area contributed by atoms with Crippen molar-refractivity contribution in [3.63, 3.8) is 0 Å². The smallest absolute Gasteiger partial charge is 0.408 e. The Balaban J connectivity index is 2.02. The lowest BCUT2D eigenvalue weighted by Gasteiger charge is -2.26. The zero-order valence-corrected chi connectivity index (χ0v) is 18.6. The molecule has 8 heteroatoms. The molecule has 0 aromatic heterocycles. The molecule has 4 atom stereocenters. The monoisotopic (exact) mass is 432 g/mol. The largest absolute Gasteiger partial charge is 0.462 e. The number of Topliss-reactive ketones (excluding diaryl/α,β-unsaturated/α-hetero) is 1. The van der Waals surface area contributed by atoms with Gasteiger partial charge in [-0.2, -0.15) is 0 Å². The fourth-order valence-corrected chi connectivity index (χ4v) is 3.36. The number of benzene rings is 1. The lowest BCUT2D eigenvalue weighted by Crippen LogP contribution is -2.49. The highest BCUT2D eigenvalue weighted by atomic mass is 16.6. The van der Waals surface area contributed by atoms with Gasteiger partial charge in [-0.25, -0.2) is 9.59 Å². The van der Waals surface area contributed by atoms with Crippen LogP contribution in [-0.2, 0) is 23.9 Å². The maximum absolute atomic E-state index is 12.8. The fourth-order valence-electron chi connectivity index (χ4n) is 3.36. The molecule has 1 aliphatic heterocycles. The maximum atomic E-state index is 12.8. The Morgan fingerprint density at radius 3 is 2.48 bits per heavy atom. The summed E-state index contributed by atoms with van der Waals surface area (Å²) in [7, 11) is 0. The molecule has 1 unspecified atom stereocenters. The van der Waals surface area contributed by atoms with Gasteiger partial charge >= 0.3 is 12.1 Å². The molecule has 2 N–H and O–H groups in total. The van der Waals surface area contributed by atoms with Crippen LogP contribution in [0.1, 0.15) is 65.0 Å². The van der Waals surface area contributed by atoms with Gasteiger partial charge in [0, 0.05) is 5.41 Å². The van der Waals surface area contributed by atoms with Crippen molar-refractivity contribution < 1.29 is 28.7 Å². The number of unbranched alkanes of at least 4 members (excludes halogenated alkanes) is 1. The Kier molecular flexibility index (Phi) is 8.59. The summed E-state index contributed by atoms with van der Waals surface area (Å²) in [5.74, 6) is -2.14. The summed E-state index contributed by atoms with van der Waals surface area (Å²) in [6.45, 7) is 7.56. The van der Waals surface area contributed by atoms with Gasteiger partial charge in [0.1, 0.15) is 12.6 Å². The third-order valence-corrected chi connectivity index (χ3v) is 5.75. The van der Waals surface area contributed by atoms with Crippen LogP contribution in [0.3, 0.4) is 0 Å². The molecule has 1 aromatic rings. The Labute approximate surface area is 183 Å². The molecule has 170 valence electrons. The first-order valence-electron chi connectivity index (χ1n) is 10.7. The normalized spacial score (nSPS) is 22.2. The summed E-state index contributed by atoms with van der Waals surface area (Å²) in [5.41, 5.74) is 0.236. The number of carbonyl (C=O) groups excluding carboxylic acids is 4. The molecule has 0 radical (unpaired) electrons. The second kappa shape index (κ2) is 10.9. The number of rotatable bonds is 10. The van der Waals surface area contributed by atoms with Gasteiger partial charge in [0.15, 0.2) is 0 Å². The van der Waals surface area contributed by atoms with Crippen LogP contribution < -0.4 is 10.6 Å². The molecular weight excluding hydrogens is 400 g/mol. The van der Waals surface area contributed by atoms with Crippen molar-refractivity contribution in [1.29, 1.82) is 0 Å². The van der Waals surface area contributed by atoms with Gasteiger partial charge in [-0.3, -0.25) is 9.59 Å². The van der Waals surface area contributed by atoms with E-state index < -0.39 is 41.3 Å². The van der Waals surface area contributed by atoms with Crippen LogP contribution >= 0.6 is 0 Å². The minimum absolute atomic E-state index is 0.165. The zero-order valence-electron chi connectivity index (χ0n) is 18.6. The lowest BCUT2D eigenvalue weighted by atomic mass is 9.84. The van der Waals surface area contributed by atoms with Crippen LogP contribution in [0.2, 0.25) is 0 Å². The van der Waals surface area contributed by atoms with Gasteiger partial charge in [-0.1, -0.05) is 63.9 Å².